The van der Waals surface area contributed by atoms with Gasteiger partial charge in [-0.1, -0.05) is 58.0 Å². The van der Waals surface area contributed by atoms with Gasteiger partial charge in [-0.3, -0.25) is 20.9 Å². The molecule has 2 aromatic rings. The van der Waals surface area contributed by atoms with Crippen molar-refractivity contribution >= 4 is 27.9 Å². The molecule has 1 fully saturated rings. The number of nitrogens with zero attached hydrogens (tertiary/aromatic N) is 3. The highest BCUT2D eigenvalue weighted by Gasteiger charge is 2.49. The minimum absolute atomic E-state index is 0.0480. The predicted octanol–water partition coefficient (Wildman–Crippen LogP) is 4.21. The molecule has 4 rings (SSSR count). The van der Waals surface area contributed by atoms with Gasteiger partial charge in [-0.15, -0.1) is 0 Å². The molecule has 0 aliphatic carbocycles. The Hall–Kier alpha value is -3.48. The number of piperazine rings is 1. The zero-order valence-corrected chi connectivity index (χ0v) is 26.6. The van der Waals surface area contributed by atoms with E-state index in [2.05, 4.69) is 13.8 Å². The maximum Gasteiger partial charge on any atom is 0.409 e. The van der Waals surface area contributed by atoms with Crippen LogP contribution in [0.3, 0.4) is 0 Å². The van der Waals surface area contributed by atoms with Crippen LogP contribution in [-0.4, -0.2) is 84.4 Å². The zero-order valence-electron chi connectivity index (χ0n) is 25.8. The molecule has 1 unspecified atom stereocenters. The van der Waals surface area contributed by atoms with Crippen molar-refractivity contribution in [2.75, 3.05) is 32.8 Å². The Morgan fingerprint density at radius 3 is 2.28 bits per heavy atom. The minimum Gasteiger partial charge on any atom is -0.450 e. The van der Waals surface area contributed by atoms with Gasteiger partial charge < -0.3 is 14.5 Å². The second-order valence-corrected chi connectivity index (χ2v) is 13.5. The first-order chi connectivity index (χ1) is 20.3. The van der Waals surface area contributed by atoms with Crippen molar-refractivity contribution in [3.63, 3.8) is 0 Å². The molecule has 0 radical (unpaired) electrons. The number of amidine groups is 1. The number of fused-ring (bicyclic) bond motifs is 1. The first-order valence-electron chi connectivity index (χ1n) is 14.8. The summed E-state index contributed by atoms with van der Waals surface area (Å²) < 4.78 is 35.4. The minimum atomic E-state index is -4.07. The van der Waals surface area contributed by atoms with Gasteiger partial charge in [0, 0.05) is 37.8 Å². The second-order valence-electron chi connectivity index (χ2n) is 11.8. The molecule has 11 nitrogen and oxygen atoms in total. The van der Waals surface area contributed by atoms with Gasteiger partial charge in [-0.25, -0.2) is 13.2 Å². The van der Waals surface area contributed by atoms with Gasteiger partial charge in [0.15, 0.2) is 0 Å². The number of carbonyl (C=O) groups excluding carboxylic acids is 2. The van der Waals surface area contributed by atoms with E-state index >= 15 is 0 Å². The van der Waals surface area contributed by atoms with Crippen LogP contribution in [0.25, 0.3) is 0 Å². The number of hydrogen-bond acceptors (Lipinski definition) is 7. The molecule has 2 aliphatic rings. The van der Waals surface area contributed by atoms with Crippen LogP contribution in [0.15, 0.2) is 41.3 Å². The van der Waals surface area contributed by atoms with E-state index in [1.165, 1.54) is 4.31 Å². The summed E-state index contributed by atoms with van der Waals surface area (Å²) in [7, 11) is -4.07. The smallest absolute Gasteiger partial charge is 0.409 e. The lowest BCUT2D eigenvalue weighted by Gasteiger charge is -2.38. The summed E-state index contributed by atoms with van der Waals surface area (Å²) in [6.45, 7) is 13.0. The van der Waals surface area contributed by atoms with Crippen LogP contribution >= 0.6 is 0 Å². The molecule has 1 saturated heterocycles. The summed E-state index contributed by atoms with van der Waals surface area (Å²) in [5.74, 6) is -0.411. The number of benzene rings is 2. The Kier molecular flexibility index (Phi) is 9.83. The number of hydrogen-bond donors (Lipinski definition) is 3. The molecular formula is C31H43N5O6S. The van der Waals surface area contributed by atoms with Gasteiger partial charge >= 0.3 is 6.09 Å². The van der Waals surface area contributed by atoms with Crippen molar-refractivity contribution in [3.05, 3.63) is 64.2 Å². The average Bonchev–Trinajstić information content (AvgIpc) is 3.19. The topological polar surface area (TPSA) is 143 Å². The highest BCUT2D eigenvalue weighted by molar-refractivity contribution is 7.89. The SMILES string of the molecule is CCOC(=O)N1CCN(C(=O)[C@H](Cc2cccc(C(=N)NO)c2)N2C(C)c3cc(C(C)C)cc(C(C)C)c3S2(=O)=O)CC1. The first kappa shape index (κ1) is 32.4. The van der Waals surface area contributed by atoms with E-state index in [1.54, 1.807) is 41.0 Å². The van der Waals surface area contributed by atoms with Crippen LogP contribution in [0.1, 0.15) is 87.2 Å². The molecule has 2 atom stereocenters. The van der Waals surface area contributed by atoms with Crippen LogP contribution in [0, 0.1) is 5.41 Å². The van der Waals surface area contributed by atoms with Crippen molar-refractivity contribution in [2.45, 2.75) is 76.8 Å². The Balaban J connectivity index is 1.77. The van der Waals surface area contributed by atoms with Crippen LogP contribution in [0.4, 0.5) is 4.79 Å². The molecule has 234 valence electrons. The maximum atomic E-state index is 14.5. The summed E-state index contributed by atoms with van der Waals surface area (Å²) in [5, 5.41) is 17.2. The molecular weight excluding hydrogens is 570 g/mol. The molecule has 0 saturated carbocycles. The molecule has 2 aromatic carbocycles. The number of nitrogens with one attached hydrogen (secondary N) is 2. The highest BCUT2D eigenvalue weighted by atomic mass is 32.2. The average molecular weight is 614 g/mol. The van der Waals surface area contributed by atoms with Crippen LogP contribution in [-0.2, 0) is 26.0 Å². The van der Waals surface area contributed by atoms with Crippen LogP contribution < -0.4 is 5.48 Å². The molecule has 0 aromatic heterocycles. The number of hydroxylamine groups is 1. The largest absolute Gasteiger partial charge is 0.450 e. The molecule has 2 amide bonds. The third-order valence-electron chi connectivity index (χ3n) is 8.29. The lowest BCUT2D eigenvalue weighted by atomic mass is 9.90. The lowest BCUT2D eigenvalue weighted by molar-refractivity contribution is -0.137. The van der Waals surface area contributed by atoms with Crippen LogP contribution in [0.2, 0.25) is 0 Å². The number of carbonyl (C=O) groups is 2. The lowest BCUT2D eigenvalue weighted by Crippen LogP contribution is -2.56. The van der Waals surface area contributed by atoms with E-state index in [0.29, 0.717) is 16.7 Å². The Morgan fingerprint density at radius 2 is 1.70 bits per heavy atom. The Labute approximate surface area is 254 Å². The highest BCUT2D eigenvalue weighted by Crippen LogP contribution is 2.46. The van der Waals surface area contributed by atoms with E-state index in [0.717, 1.165) is 11.1 Å². The normalized spacial score (nSPS) is 19.0. The quantitative estimate of drug-likeness (QED) is 0.230. The molecule has 2 heterocycles. The molecule has 3 N–H and O–H groups in total. The van der Waals surface area contributed by atoms with E-state index in [4.69, 9.17) is 10.1 Å². The molecule has 0 spiro atoms. The van der Waals surface area contributed by atoms with Crippen molar-refractivity contribution in [1.82, 2.24) is 19.6 Å². The van der Waals surface area contributed by atoms with Crippen molar-refractivity contribution in [2.24, 2.45) is 0 Å². The van der Waals surface area contributed by atoms with Gasteiger partial charge in [-0.2, -0.15) is 4.31 Å². The summed E-state index contributed by atoms with van der Waals surface area (Å²) in [4.78, 5) is 30.0. The van der Waals surface area contributed by atoms with Gasteiger partial charge in [0.1, 0.15) is 11.9 Å². The van der Waals surface area contributed by atoms with E-state index in [-0.39, 0.29) is 67.7 Å². The van der Waals surface area contributed by atoms with E-state index in [1.807, 2.05) is 38.4 Å². The number of rotatable bonds is 8. The maximum absolute atomic E-state index is 14.5. The van der Waals surface area contributed by atoms with Crippen molar-refractivity contribution < 1.29 is 28.0 Å². The van der Waals surface area contributed by atoms with Crippen LogP contribution in [0.5, 0.6) is 0 Å². The Bertz CT molecular complexity index is 1480. The number of ether oxygens (including phenoxy) is 1. The van der Waals surface area contributed by atoms with Crippen molar-refractivity contribution in [3.8, 4) is 0 Å². The van der Waals surface area contributed by atoms with Gasteiger partial charge in [0.25, 0.3) is 0 Å². The fraction of sp³-hybridized carbons (Fsp3) is 0.516. The van der Waals surface area contributed by atoms with Gasteiger partial charge in [0.2, 0.25) is 15.9 Å². The third kappa shape index (κ3) is 6.41. The monoisotopic (exact) mass is 613 g/mol. The van der Waals surface area contributed by atoms with Crippen molar-refractivity contribution in [1.29, 1.82) is 5.41 Å². The fourth-order valence-electron chi connectivity index (χ4n) is 5.92. The number of sulfonamides is 1. The summed E-state index contributed by atoms with van der Waals surface area (Å²) >= 11 is 0. The molecule has 0 bridgehead atoms. The standard InChI is InChI=1S/C31H43N5O6S/c1-7-42-31(38)35-13-11-34(12-14-35)30(37)27(16-22-9-8-10-23(15-22)29(32)33-39)36-21(6)26-18-24(19(2)3)17-25(20(4)5)28(26)43(36,40)41/h8-10,15,17-21,27,39H,7,11-14,16H2,1-6H3,(H2,32,33)/t21?,27-/m0/s1. The van der Waals surface area contributed by atoms with Gasteiger partial charge in [-0.05, 0) is 60.4 Å². The molecule has 12 heteroatoms. The Morgan fingerprint density at radius 1 is 1.05 bits per heavy atom. The third-order valence-corrected chi connectivity index (χ3v) is 10.4. The predicted molar refractivity (Wildman–Crippen MR) is 163 cm³/mol. The fourth-order valence-corrected chi connectivity index (χ4v) is 8.28. The number of amides is 2. The second kappa shape index (κ2) is 13.0. The van der Waals surface area contributed by atoms with Gasteiger partial charge in [0.05, 0.1) is 11.5 Å². The molecule has 2 aliphatic heterocycles. The summed E-state index contributed by atoms with van der Waals surface area (Å²) in [6, 6.07) is 9.08. The zero-order chi connectivity index (χ0) is 31.6. The van der Waals surface area contributed by atoms with E-state index in [9.17, 15) is 23.2 Å². The van der Waals surface area contributed by atoms with E-state index < -0.39 is 28.2 Å². The molecule has 43 heavy (non-hydrogen) atoms. The summed E-state index contributed by atoms with van der Waals surface area (Å²) in [6.07, 6.45) is -0.369. The summed E-state index contributed by atoms with van der Waals surface area (Å²) in [5.41, 5.74) is 5.37. The first-order valence-corrected chi connectivity index (χ1v) is 16.2.